The van der Waals surface area contributed by atoms with E-state index >= 15 is 0 Å². The van der Waals surface area contributed by atoms with Gasteiger partial charge in [-0.3, -0.25) is 28.9 Å². The smallest absolute Gasteiger partial charge is 0.416 e. The van der Waals surface area contributed by atoms with Crippen LogP contribution in [0.5, 0.6) is 5.75 Å². The number of carbonyl (C=O) groups excluding carboxylic acids is 5. The molecule has 3 aliphatic rings. The van der Waals surface area contributed by atoms with E-state index in [4.69, 9.17) is 5.73 Å². The molecular formula is C30H27F3N2O7. The van der Waals surface area contributed by atoms with Crippen molar-refractivity contribution in [2.45, 2.75) is 30.7 Å². The van der Waals surface area contributed by atoms with Gasteiger partial charge in [0.05, 0.1) is 23.1 Å². The van der Waals surface area contributed by atoms with E-state index in [1.54, 1.807) is 12.2 Å². The lowest BCUT2D eigenvalue weighted by Crippen LogP contribution is -2.74. The first-order valence-corrected chi connectivity index (χ1v) is 13.1. The normalized spacial score (nSPS) is 29.5. The minimum absolute atomic E-state index is 0.0624. The van der Waals surface area contributed by atoms with Gasteiger partial charge >= 0.3 is 6.18 Å². The van der Waals surface area contributed by atoms with Crippen LogP contribution in [0.25, 0.3) is 12.2 Å². The number of rotatable bonds is 4. The number of nitrogens with two attached hydrogens (primary N) is 1. The van der Waals surface area contributed by atoms with Gasteiger partial charge in [-0.05, 0) is 67.7 Å². The van der Waals surface area contributed by atoms with E-state index < -0.39 is 81.8 Å². The molecule has 2 aromatic rings. The maximum absolute atomic E-state index is 13.8. The summed E-state index contributed by atoms with van der Waals surface area (Å²) in [7, 11) is 2.99. The number of halogens is 3. The molecule has 6 atom stereocenters. The summed E-state index contributed by atoms with van der Waals surface area (Å²) in [6, 6.07) is 5.99. The third-order valence-corrected chi connectivity index (χ3v) is 8.67. The van der Waals surface area contributed by atoms with Gasteiger partial charge in [-0.1, -0.05) is 30.4 Å². The summed E-state index contributed by atoms with van der Waals surface area (Å²) in [6.07, 6.45) is -1.41. The van der Waals surface area contributed by atoms with Gasteiger partial charge in [0.25, 0.3) is 0 Å². The second-order valence-electron chi connectivity index (χ2n) is 11.3. The van der Waals surface area contributed by atoms with Crippen LogP contribution in [-0.2, 0) is 31.8 Å². The lowest BCUT2D eigenvalue weighted by atomic mass is 9.52. The van der Waals surface area contributed by atoms with Crippen LogP contribution in [-0.4, -0.2) is 69.9 Å². The second kappa shape index (κ2) is 9.99. The van der Waals surface area contributed by atoms with Crippen LogP contribution in [0, 0.1) is 23.7 Å². The van der Waals surface area contributed by atoms with E-state index in [-0.39, 0.29) is 18.4 Å². The fourth-order valence-electron chi connectivity index (χ4n) is 6.75. The van der Waals surface area contributed by atoms with Crippen LogP contribution in [0.15, 0.2) is 36.4 Å². The third kappa shape index (κ3) is 4.36. The summed E-state index contributed by atoms with van der Waals surface area (Å²) in [6.45, 7) is 0. The standard InChI is InChI=1S/C30H27F3N2O7/c1-35(2)23-18-12-15-11-17-14(6-3-13-4-8-16(9-5-13)30(31,32)33)7-10-19(36)21(17)24(37)20(15)26(39)29(18,42)27(40)22(25(23)38)28(34)41/h3-10,15,18,20,22-23,36,42H,11-12H2,1-2H3,(H2,34,41)/b6-3+. The molecule has 0 heterocycles. The lowest BCUT2D eigenvalue weighted by molar-refractivity contribution is -0.181. The molecule has 0 radical (unpaired) electrons. The van der Waals surface area contributed by atoms with E-state index in [0.717, 1.165) is 12.1 Å². The number of Topliss-reactive ketones (excluding diaryl/α,β-unsaturated/α-hetero) is 4. The number of phenols is 1. The van der Waals surface area contributed by atoms with E-state index in [9.17, 15) is 47.4 Å². The van der Waals surface area contributed by atoms with Crippen molar-refractivity contribution in [2.24, 2.45) is 29.4 Å². The van der Waals surface area contributed by atoms with Crippen LogP contribution in [0.4, 0.5) is 13.2 Å². The molecule has 4 N–H and O–H groups in total. The first kappa shape index (κ1) is 29.3. The Hall–Kier alpha value is -4.16. The maximum Gasteiger partial charge on any atom is 0.416 e. The molecule has 9 nitrogen and oxygen atoms in total. The van der Waals surface area contributed by atoms with Crippen LogP contribution >= 0.6 is 0 Å². The summed E-state index contributed by atoms with van der Waals surface area (Å²) in [5.41, 5.74) is 2.82. The molecule has 1 amide bonds. The number of likely N-dealkylation sites (N-methyl/N-ethyl adjacent to an activating group) is 1. The van der Waals surface area contributed by atoms with Crippen molar-refractivity contribution in [1.29, 1.82) is 0 Å². The summed E-state index contributed by atoms with van der Waals surface area (Å²) < 4.78 is 38.7. The number of nitrogens with zero attached hydrogens (tertiary/aromatic N) is 1. The molecule has 220 valence electrons. The van der Waals surface area contributed by atoms with E-state index in [2.05, 4.69) is 0 Å². The van der Waals surface area contributed by atoms with Crippen molar-refractivity contribution >= 4 is 41.2 Å². The van der Waals surface area contributed by atoms with Crippen molar-refractivity contribution in [1.82, 2.24) is 4.90 Å². The molecule has 2 aromatic carbocycles. The zero-order valence-corrected chi connectivity index (χ0v) is 22.5. The number of primary amides is 1. The molecule has 0 saturated heterocycles. The average Bonchev–Trinajstić information content (AvgIpc) is 2.89. The first-order chi connectivity index (χ1) is 19.6. The number of amides is 1. The SMILES string of the molecule is CN(C)C1C(=O)C(C(N)=O)C(=O)C2(O)C(=O)C3C(=O)c4c(O)ccc(/C=C/c5ccc(C(F)(F)F)cc5)c4CC3CC12. The first-order valence-electron chi connectivity index (χ1n) is 13.1. The predicted molar refractivity (Wildman–Crippen MR) is 142 cm³/mol. The monoisotopic (exact) mass is 584 g/mol. The number of hydrogen-bond acceptors (Lipinski definition) is 8. The number of alkyl halides is 3. The number of benzene rings is 2. The largest absolute Gasteiger partial charge is 0.507 e. The third-order valence-electron chi connectivity index (χ3n) is 8.67. The van der Waals surface area contributed by atoms with Crippen molar-refractivity contribution in [2.75, 3.05) is 14.1 Å². The number of hydrogen-bond donors (Lipinski definition) is 3. The molecule has 42 heavy (non-hydrogen) atoms. The highest BCUT2D eigenvalue weighted by Gasteiger charge is 2.69. The van der Waals surface area contributed by atoms with Crippen molar-refractivity contribution in [3.8, 4) is 5.75 Å². The fraction of sp³-hybridized carbons (Fsp3) is 0.367. The topological polar surface area (TPSA) is 155 Å². The molecule has 6 unspecified atom stereocenters. The Morgan fingerprint density at radius 3 is 2.24 bits per heavy atom. The van der Waals surface area contributed by atoms with Crippen LogP contribution < -0.4 is 5.73 Å². The summed E-state index contributed by atoms with van der Waals surface area (Å²) in [4.78, 5) is 67.6. The Bertz CT molecular complexity index is 1560. The fourth-order valence-corrected chi connectivity index (χ4v) is 6.75. The average molecular weight is 585 g/mol. The quantitative estimate of drug-likeness (QED) is 0.365. The molecule has 0 aromatic heterocycles. The van der Waals surface area contributed by atoms with Crippen LogP contribution in [0.1, 0.15) is 39.0 Å². The summed E-state index contributed by atoms with van der Waals surface area (Å²) >= 11 is 0. The van der Waals surface area contributed by atoms with Crippen molar-refractivity contribution < 1.29 is 47.4 Å². The molecule has 0 spiro atoms. The predicted octanol–water partition coefficient (Wildman–Crippen LogP) is 2.06. The molecule has 2 fully saturated rings. The Morgan fingerprint density at radius 1 is 1.02 bits per heavy atom. The molecule has 3 aliphatic carbocycles. The maximum atomic E-state index is 13.8. The molecular weight excluding hydrogens is 557 g/mol. The highest BCUT2D eigenvalue weighted by Crippen LogP contribution is 2.51. The number of ketones is 4. The van der Waals surface area contributed by atoms with E-state index in [1.807, 2.05) is 0 Å². The van der Waals surface area contributed by atoms with Gasteiger partial charge < -0.3 is 15.9 Å². The summed E-state index contributed by atoms with van der Waals surface area (Å²) in [5.74, 6) is -11.4. The Balaban J connectivity index is 1.55. The molecule has 2 saturated carbocycles. The van der Waals surface area contributed by atoms with Crippen LogP contribution in [0.3, 0.4) is 0 Å². The number of aromatic hydroxyl groups is 1. The Labute approximate surface area is 237 Å². The van der Waals surface area contributed by atoms with Crippen LogP contribution in [0.2, 0.25) is 0 Å². The highest BCUT2D eigenvalue weighted by atomic mass is 19.4. The molecule has 5 rings (SSSR count). The highest BCUT2D eigenvalue weighted by molar-refractivity contribution is 6.32. The Kier molecular flexibility index (Phi) is 6.97. The minimum Gasteiger partial charge on any atom is -0.507 e. The van der Waals surface area contributed by atoms with Gasteiger partial charge in [0.1, 0.15) is 5.75 Å². The lowest BCUT2D eigenvalue weighted by Gasteiger charge is -2.52. The van der Waals surface area contributed by atoms with E-state index in [1.165, 1.54) is 43.3 Å². The van der Waals surface area contributed by atoms with Gasteiger partial charge in [-0.2, -0.15) is 13.2 Å². The van der Waals surface area contributed by atoms with Gasteiger partial charge in [0, 0.05) is 5.92 Å². The van der Waals surface area contributed by atoms with Crippen molar-refractivity contribution in [3.63, 3.8) is 0 Å². The molecule has 0 aliphatic heterocycles. The van der Waals surface area contributed by atoms with Gasteiger partial charge in [0.15, 0.2) is 34.7 Å². The zero-order chi connectivity index (χ0) is 30.9. The van der Waals surface area contributed by atoms with Gasteiger partial charge in [0.2, 0.25) is 5.91 Å². The number of phenolic OH excluding ortho intramolecular Hbond substituents is 1. The van der Waals surface area contributed by atoms with Crippen molar-refractivity contribution in [3.05, 3.63) is 64.2 Å². The second-order valence-corrected chi connectivity index (χ2v) is 11.3. The Morgan fingerprint density at radius 2 is 1.67 bits per heavy atom. The number of carbonyl (C=O) groups is 5. The van der Waals surface area contributed by atoms with Gasteiger partial charge in [-0.15, -0.1) is 0 Å². The number of aliphatic hydroxyl groups is 1. The zero-order valence-electron chi connectivity index (χ0n) is 22.5. The number of fused-ring (bicyclic) bond motifs is 3. The van der Waals surface area contributed by atoms with E-state index in [0.29, 0.717) is 16.7 Å². The molecule has 0 bridgehead atoms. The summed E-state index contributed by atoms with van der Waals surface area (Å²) in [5, 5.41) is 22.2. The minimum atomic E-state index is -4.49. The van der Waals surface area contributed by atoms with Gasteiger partial charge in [-0.25, -0.2) is 0 Å². The molecule has 12 heteroatoms.